The number of hydrogen-bond donors (Lipinski definition) is 1. The number of nitrogens with zero attached hydrogens (tertiary/aromatic N) is 1. The second-order valence-corrected chi connectivity index (χ2v) is 5.94. The van der Waals surface area contributed by atoms with Crippen molar-refractivity contribution in [2.24, 2.45) is 0 Å². The van der Waals surface area contributed by atoms with Crippen molar-refractivity contribution in [1.82, 2.24) is 10.2 Å². The number of thioether (sulfide) groups is 1. The van der Waals surface area contributed by atoms with Crippen molar-refractivity contribution < 1.29 is 9.18 Å². The fourth-order valence-corrected chi connectivity index (χ4v) is 3.41. The zero-order valence-electron chi connectivity index (χ0n) is 11.8. The molecule has 5 heteroatoms. The van der Waals surface area contributed by atoms with Gasteiger partial charge in [0.25, 0.3) is 0 Å². The van der Waals surface area contributed by atoms with E-state index in [-0.39, 0.29) is 17.9 Å². The van der Waals surface area contributed by atoms with Crippen LogP contribution in [0.15, 0.2) is 48.4 Å². The summed E-state index contributed by atoms with van der Waals surface area (Å²) in [5.74, 6) is 0.636. The summed E-state index contributed by atoms with van der Waals surface area (Å²) in [6, 6.07) is 4.41. The molecule has 2 rings (SSSR count). The number of amides is 2. The van der Waals surface area contributed by atoms with Gasteiger partial charge in [-0.05, 0) is 30.2 Å². The summed E-state index contributed by atoms with van der Waals surface area (Å²) >= 11 is 1.69. The van der Waals surface area contributed by atoms with E-state index in [2.05, 4.69) is 18.5 Å². The largest absolute Gasteiger partial charge is 0.331 e. The molecule has 1 aliphatic heterocycles. The molecule has 21 heavy (non-hydrogen) atoms. The van der Waals surface area contributed by atoms with Crippen molar-refractivity contribution in [2.75, 3.05) is 18.8 Å². The maximum atomic E-state index is 13.4. The van der Waals surface area contributed by atoms with E-state index in [4.69, 9.17) is 0 Å². The van der Waals surface area contributed by atoms with Gasteiger partial charge in [-0.1, -0.05) is 12.2 Å². The molecule has 112 valence electrons. The third kappa shape index (κ3) is 3.88. The molecular weight excluding hydrogens is 287 g/mol. The van der Waals surface area contributed by atoms with Crippen LogP contribution in [-0.2, 0) is 0 Å². The Morgan fingerprint density at radius 3 is 2.81 bits per heavy atom. The number of carbonyl (C=O) groups excluding carboxylic acids is 1. The van der Waals surface area contributed by atoms with Gasteiger partial charge in [-0.2, -0.15) is 0 Å². The lowest BCUT2D eigenvalue weighted by Gasteiger charge is -2.29. The van der Waals surface area contributed by atoms with Crippen molar-refractivity contribution in [3.63, 3.8) is 0 Å². The lowest BCUT2D eigenvalue weighted by atomic mass is 10.0. The summed E-state index contributed by atoms with van der Waals surface area (Å²) in [5.41, 5.74) is 0.858. The molecule has 0 saturated heterocycles. The van der Waals surface area contributed by atoms with Gasteiger partial charge < -0.3 is 10.2 Å². The number of fused-ring (bicyclic) bond motifs is 1. The molecular formula is C16H19FN2OS. The molecule has 0 bridgehead atoms. The van der Waals surface area contributed by atoms with Crippen molar-refractivity contribution in [1.29, 1.82) is 0 Å². The molecule has 1 aromatic carbocycles. The molecule has 0 saturated carbocycles. The first-order valence-electron chi connectivity index (χ1n) is 6.85. The maximum Gasteiger partial charge on any atom is 0.318 e. The number of halogens is 1. The molecule has 0 fully saturated rings. The Morgan fingerprint density at radius 2 is 2.14 bits per heavy atom. The van der Waals surface area contributed by atoms with E-state index in [1.165, 1.54) is 12.1 Å². The molecule has 1 aromatic rings. The predicted octanol–water partition coefficient (Wildman–Crippen LogP) is 3.75. The van der Waals surface area contributed by atoms with Gasteiger partial charge in [0.15, 0.2) is 0 Å². The Kier molecular flexibility index (Phi) is 5.44. The van der Waals surface area contributed by atoms with E-state index in [0.717, 1.165) is 22.6 Å². The van der Waals surface area contributed by atoms with E-state index in [0.29, 0.717) is 13.1 Å². The topological polar surface area (TPSA) is 32.3 Å². The molecule has 1 heterocycles. The summed E-state index contributed by atoms with van der Waals surface area (Å²) < 4.78 is 13.4. The Morgan fingerprint density at radius 1 is 1.43 bits per heavy atom. The number of rotatable bonds is 5. The predicted molar refractivity (Wildman–Crippen MR) is 85.0 cm³/mol. The van der Waals surface area contributed by atoms with Crippen molar-refractivity contribution in [3.05, 3.63) is 54.9 Å². The number of hydrogen-bond acceptors (Lipinski definition) is 2. The van der Waals surface area contributed by atoms with Crippen molar-refractivity contribution >= 4 is 17.8 Å². The number of nitrogens with one attached hydrogen (secondary N) is 1. The summed E-state index contributed by atoms with van der Waals surface area (Å²) in [7, 11) is 0. The smallest absolute Gasteiger partial charge is 0.318 e. The minimum atomic E-state index is -0.274. The van der Waals surface area contributed by atoms with Gasteiger partial charge in [0.2, 0.25) is 0 Å². The zero-order valence-corrected chi connectivity index (χ0v) is 12.7. The van der Waals surface area contributed by atoms with Gasteiger partial charge in [-0.25, -0.2) is 9.18 Å². The number of urea groups is 1. The molecule has 2 amide bonds. The molecule has 3 nitrogen and oxygen atoms in total. The molecule has 0 spiro atoms. The van der Waals surface area contributed by atoms with Gasteiger partial charge in [-0.15, -0.1) is 24.9 Å². The SMILES string of the molecule is C=CCN(CC=C)C(=O)NC1CCSc2ccc(F)cc21. The summed E-state index contributed by atoms with van der Waals surface area (Å²) in [4.78, 5) is 15.0. The standard InChI is InChI=1S/C16H19FN2OS/c1-3-8-19(9-4-2)16(20)18-14-7-10-21-15-6-5-12(17)11-13(14)15/h3-6,11,14H,1-2,7-10H2,(H,18,20). The molecule has 1 unspecified atom stereocenters. The normalized spacial score (nSPS) is 16.7. The Labute approximate surface area is 128 Å². The first-order chi connectivity index (χ1) is 10.2. The molecule has 0 aliphatic carbocycles. The van der Waals surface area contributed by atoms with Crippen LogP contribution in [0.25, 0.3) is 0 Å². The Balaban J connectivity index is 2.13. The lowest BCUT2D eigenvalue weighted by molar-refractivity contribution is 0.203. The number of carbonyl (C=O) groups is 1. The first-order valence-corrected chi connectivity index (χ1v) is 7.83. The quantitative estimate of drug-likeness (QED) is 0.840. The van der Waals surface area contributed by atoms with Crippen LogP contribution < -0.4 is 5.32 Å². The average Bonchev–Trinajstić information content (AvgIpc) is 2.47. The minimum Gasteiger partial charge on any atom is -0.331 e. The first kappa shape index (κ1) is 15.6. The summed E-state index contributed by atoms with van der Waals surface area (Å²) in [6.45, 7) is 8.21. The second-order valence-electron chi connectivity index (χ2n) is 4.80. The van der Waals surface area contributed by atoms with Crippen LogP contribution >= 0.6 is 11.8 Å². The van der Waals surface area contributed by atoms with E-state index in [9.17, 15) is 9.18 Å². The average molecular weight is 306 g/mol. The van der Waals surface area contributed by atoms with Gasteiger partial charge in [0.1, 0.15) is 5.82 Å². The highest BCUT2D eigenvalue weighted by molar-refractivity contribution is 7.99. The zero-order chi connectivity index (χ0) is 15.2. The molecule has 1 atom stereocenters. The minimum absolute atomic E-state index is 0.151. The van der Waals surface area contributed by atoms with Gasteiger partial charge >= 0.3 is 6.03 Å². The Hall–Kier alpha value is -1.75. The molecule has 1 aliphatic rings. The molecule has 1 N–H and O–H groups in total. The number of benzene rings is 1. The van der Waals surface area contributed by atoms with Gasteiger partial charge in [-0.3, -0.25) is 0 Å². The Bertz CT molecular complexity index is 537. The van der Waals surface area contributed by atoms with Crippen LogP contribution in [-0.4, -0.2) is 29.8 Å². The van der Waals surface area contributed by atoms with Crippen LogP contribution in [0.3, 0.4) is 0 Å². The highest BCUT2D eigenvalue weighted by Crippen LogP contribution is 2.36. The van der Waals surface area contributed by atoms with Crippen LogP contribution in [0, 0.1) is 5.82 Å². The molecule has 0 radical (unpaired) electrons. The van der Waals surface area contributed by atoms with E-state index in [1.807, 2.05) is 0 Å². The molecule has 0 aromatic heterocycles. The third-order valence-electron chi connectivity index (χ3n) is 3.30. The monoisotopic (exact) mass is 306 g/mol. The summed E-state index contributed by atoms with van der Waals surface area (Å²) in [5, 5.41) is 2.98. The second kappa shape index (κ2) is 7.31. The van der Waals surface area contributed by atoms with Gasteiger partial charge in [0.05, 0.1) is 6.04 Å². The van der Waals surface area contributed by atoms with Crippen LogP contribution in [0.2, 0.25) is 0 Å². The lowest BCUT2D eigenvalue weighted by Crippen LogP contribution is -2.42. The third-order valence-corrected chi connectivity index (χ3v) is 4.42. The maximum absolute atomic E-state index is 13.4. The van der Waals surface area contributed by atoms with E-state index in [1.54, 1.807) is 34.9 Å². The van der Waals surface area contributed by atoms with Crippen molar-refractivity contribution in [2.45, 2.75) is 17.4 Å². The summed E-state index contributed by atoms with van der Waals surface area (Å²) in [6.07, 6.45) is 4.14. The van der Waals surface area contributed by atoms with Crippen molar-refractivity contribution in [3.8, 4) is 0 Å². The van der Waals surface area contributed by atoms with Gasteiger partial charge in [0, 0.05) is 23.7 Å². The fourth-order valence-electron chi connectivity index (χ4n) is 2.31. The highest BCUT2D eigenvalue weighted by Gasteiger charge is 2.24. The van der Waals surface area contributed by atoms with Crippen LogP contribution in [0.1, 0.15) is 18.0 Å². The van der Waals surface area contributed by atoms with E-state index < -0.39 is 0 Å². The fraction of sp³-hybridized carbons (Fsp3) is 0.312. The van der Waals surface area contributed by atoms with Crippen LogP contribution in [0.4, 0.5) is 9.18 Å². The highest BCUT2D eigenvalue weighted by atomic mass is 32.2. The van der Waals surface area contributed by atoms with E-state index >= 15 is 0 Å². The van der Waals surface area contributed by atoms with Crippen LogP contribution in [0.5, 0.6) is 0 Å².